The summed E-state index contributed by atoms with van der Waals surface area (Å²) >= 11 is 0. The van der Waals surface area contributed by atoms with Gasteiger partial charge in [-0.2, -0.15) is 0 Å². The summed E-state index contributed by atoms with van der Waals surface area (Å²) in [6.07, 6.45) is 3.07. The lowest BCUT2D eigenvalue weighted by Gasteiger charge is -2.45. The van der Waals surface area contributed by atoms with Crippen molar-refractivity contribution in [3.63, 3.8) is 0 Å². The van der Waals surface area contributed by atoms with Crippen LogP contribution in [0.15, 0.2) is 24.3 Å². The molecule has 0 saturated carbocycles. The highest BCUT2D eigenvalue weighted by molar-refractivity contribution is 5.92. The monoisotopic (exact) mass is 187 g/mol. The molecule has 0 bridgehead atoms. The Labute approximate surface area is 83.3 Å². The number of hydrogen-bond acceptors (Lipinski definition) is 1. The van der Waals surface area contributed by atoms with E-state index in [-0.39, 0.29) is 11.3 Å². The molecule has 1 aromatic carbocycles. The number of piperidine rings is 1. The van der Waals surface area contributed by atoms with Crippen LogP contribution in [0.4, 0.5) is 0 Å². The van der Waals surface area contributed by atoms with E-state index in [9.17, 15) is 4.79 Å². The lowest BCUT2D eigenvalue weighted by atomic mass is 9.60. The molecule has 1 unspecified atom stereocenters. The first-order chi connectivity index (χ1) is 6.83. The molecule has 1 atom stereocenters. The second-order valence-corrected chi connectivity index (χ2v) is 4.28. The Morgan fingerprint density at radius 1 is 1.29 bits per heavy atom. The molecule has 1 heterocycles. The van der Waals surface area contributed by atoms with E-state index in [1.165, 1.54) is 11.1 Å². The van der Waals surface area contributed by atoms with Crippen molar-refractivity contribution < 1.29 is 4.79 Å². The van der Waals surface area contributed by atoms with E-state index in [2.05, 4.69) is 17.4 Å². The Morgan fingerprint density at radius 2 is 2.14 bits per heavy atom. The van der Waals surface area contributed by atoms with Crippen LogP contribution in [-0.4, -0.2) is 12.5 Å². The van der Waals surface area contributed by atoms with Crippen LogP contribution < -0.4 is 5.32 Å². The molecule has 0 aromatic heterocycles. The van der Waals surface area contributed by atoms with E-state index in [4.69, 9.17) is 0 Å². The summed E-state index contributed by atoms with van der Waals surface area (Å²) in [5.74, 6) is 0.238. The lowest BCUT2D eigenvalue weighted by Crippen LogP contribution is -2.55. The highest BCUT2D eigenvalue weighted by Gasteiger charge is 2.49. The molecule has 1 N–H and O–H groups in total. The SMILES string of the molecule is O=C1NCCCC12Cc1ccccc12. The molecule has 2 heteroatoms. The van der Waals surface area contributed by atoms with Gasteiger partial charge in [-0.05, 0) is 30.4 Å². The fraction of sp³-hybridized carbons (Fsp3) is 0.417. The van der Waals surface area contributed by atoms with Gasteiger partial charge < -0.3 is 5.32 Å². The van der Waals surface area contributed by atoms with Gasteiger partial charge in [-0.1, -0.05) is 24.3 Å². The van der Waals surface area contributed by atoms with Gasteiger partial charge in [0.05, 0.1) is 5.41 Å². The number of nitrogens with one attached hydrogen (secondary N) is 1. The average molecular weight is 187 g/mol. The molecule has 14 heavy (non-hydrogen) atoms. The van der Waals surface area contributed by atoms with Gasteiger partial charge >= 0.3 is 0 Å². The van der Waals surface area contributed by atoms with Gasteiger partial charge in [-0.3, -0.25) is 4.79 Å². The Balaban J connectivity index is 2.05. The Bertz CT molecular complexity index is 399. The molecular weight excluding hydrogens is 174 g/mol. The van der Waals surface area contributed by atoms with E-state index in [0.717, 1.165) is 25.8 Å². The highest BCUT2D eigenvalue weighted by Crippen LogP contribution is 2.45. The summed E-state index contributed by atoms with van der Waals surface area (Å²) in [4.78, 5) is 11.8. The third kappa shape index (κ3) is 0.834. The number of carbonyl (C=O) groups excluding carboxylic acids is 1. The quantitative estimate of drug-likeness (QED) is 0.653. The van der Waals surface area contributed by atoms with E-state index in [0.29, 0.717) is 0 Å². The summed E-state index contributed by atoms with van der Waals surface area (Å²) < 4.78 is 0. The van der Waals surface area contributed by atoms with Crippen LogP contribution in [-0.2, 0) is 16.6 Å². The van der Waals surface area contributed by atoms with E-state index >= 15 is 0 Å². The van der Waals surface area contributed by atoms with Gasteiger partial charge in [0.15, 0.2) is 0 Å². The first-order valence-corrected chi connectivity index (χ1v) is 5.20. The predicted molar refractivity (Wildman–Crippen MR) is 54.1 cm³/mol. The predicted octanol–water partition coefficient (Wildman–Crippen LogP) is 1.39. The molecule has 3 rings (SSSR count). The molecule has 1 aliphatic heterocycles. The zero-order chi connectivity index (χ0) is 9.60. The van der Waals surface area contributed by atoms with Crippen molar-refractivity contribution in [1.29, 1.82) is 0 Å². The van der Waals surface area contributed by atoms with Crippen LogP contribution in [0.1, 0.15) is 24.0 Å². The summed E-state index contributed by atoms with van der Waals surface area (Å²) in [5.41, 5.74) is 2.45. The maximum atomic E-state index is 11.8. The van der Waals surface area contributed by atoms with E-state index in [1.54, 1.807) is 0 Å². The number of carbonyl (C=O) groups is 1. The van der Waals surface area contributed by atoms with Gasteiger partial charge in [-0.15, -0.1) is 0 Å². The molecule has 1 fully saturated rings. The number of fused-ring (bicyclic) bond motifs is 2. The number of amides is 1. The van der Waals surface area contributed by atoms with Crippen LogP contribution in [0.2, 0.25) is 0 Å². The Kier molecular flexibility index (Phi) is 1.49. The first kappa shape index (κ1) is 8.04. The number of rotatable bonds is 0. The number of hydrogen-bond donors (Lipinski definition) is 1. The zero-order valence-electron chi connectivity index (χ0n) is 8.05. The van der Waals surface area contributed by atoms with Gasteiger partial charge in [-0.25, -0.2) is 0 Å². The van der Waals surface area contributed by atoms with Crippen molar-refractivity contribution in [2.45, 2.75) is 24.7 Å². The average Bonchev–Trinajstić information content (AvgIpc) is 2.19. The molecule has 1 spiro atoms. The summed E-state index contributed by atoms with van der Waals surface area (Å²) in [5, 5.41) is 2.98. The van der Waals surface area contributed by atoms with Crippen molar-refractivity contribution in [3.8, 4) is 0 Å². The van der Waals surface area contributed by atoms with Crippen molar-refractivity contribution >= 4 is 5.91 Å². The van der Waals surface area contributed by atoms with Crippen molar-refractivity contribution in [2.75, 3.05) is 6.54 Å². The minimum absolute atomic E-state index is 0.158. The Hall–Kier alpha value is -1.31. The normalized spacial score (nSPS) is 29.3. The smallest absolute Gasteiger partial charge is 0.231 e. The minimum Gasteiger partial charge on any atom is -0.355 e. The Morgan fingerprint density at radius 3 is 2.93 bits per heavy atom. The topological polar surface area (TPSA) is 29.1 Å². The summed E-state index contributed by atoms with van der Waals surface area (Å²) in [6.45, 7) is 0.850. The number of benzene rings is 1. The van der Waals surface area contributed by atoms with Gasteiger partial charge in [0.25, 0.3) is 0 Å². The fourth-order valence-electron chi connectivity index (χ4n) is 2.76. The lowest BCUT2D eigenvalue weighted by molar-refractivity contribution is -0.129. The minimum atomic E-state index is -0.158. The highest BCUT2D eigenvalue weighted by atomic mass is 16.2. The van der Waals surface area contributed by atoms with Crippen molar-refractivity contribution in [3.05, 3.63) is 35.4 Å². The third-order valence-electron chi connectivity index (χ3n) is 3.53. The molecular formula is C12H13NO. The third-order valence-corrected chi connectivity index (χ3v) is 3.53. The van der Waals surface area contributed by atoms with Crippen molar-refractivity contribution in [2.24, 2.45) is 0 Å². The van der Waals surface area contributed by atoms with Crippen LogP contribution >= 0.6 is 0 Å². The van der Waals surface area contributed by atoms with Crippen LogP contribution in [0, 0.1) is 0 Å². The summed E-state index contributed by atoms with van der Waals surface area (Å²) in [7, 11) is 0. The maximum Gasteiger partial charge on any atom is 0.231 e. The maximum absolute atomic E-state index is 11.8. The first-order valence-electron chi connectivity index (χ1n) is 5.20. The molecule has 72 valence electrons. The standard InChI is InChI=1S/C12H13NO/c14-11-12(6-3-7-13-11)8-9-4-1-2-5-10(9)12/h1-2,4-5H,3,6-8H2,(H,13,14). The zero-order valence-corrected chi connectivity index (χ0v) is 8.05. The van der Waals surface area contributed by atoms with Gasteiger partial charge in [0.1, 0.15) is 0 Å². The van der Waals surface area contributed by atoms with Crippen molar-refractivity contribution in [1.82, 2.24) is 5.32 Å². The molecule has 1 aromatic rings. The second kappa shape index (κ2) is 2.59. The van der Waals surface area contributed by atoms with E-state index < -0.39 is 0 Å². The molecule has 0 radical (unpaired) electrons. The summed E-state index contributed by atoms with van der Waals surface area (Å²) in [6, 6.07) is 8.31. The van der Waals surface area contributed by atoms with Crippen LogP contribution in [0.5, 0.6) is 0 Å². The largest absolute Gasteiger partial charge is 0.355 e. The second-order valence-electron chi connectivity index (χ2n) is 4.28. The van der Waals surface area contributed by atoms with Crippen LogP contribution in [0.3, 0.4) is 0 Å². The molecule has 2 nitrogen and oxygen atoms in total. The molecule has 1 aliphatic carbocycles. The molecule has 1 amide bonds. The molecule has 1 saturated heterocycles. The van der Waals surface area contributed by atoms with Crippen LogP contribution in [0.25, 0.3) is 0 Å². The fourth-order valence-corrected chi connectivity index (χ4v) is 2.76. The van der Waals surface area contributed by atoms with Gasteiger partial charge in [0, 0.05) is 6.54 Å². The van der Waals surface area contributed by atoms with Gasteiger partial charge in [0.2, 0.25) is 5.91 Å². The van der Waals surface area contributed by atoms with E-state index in [1.807, 2.05) is 12.1 Å². The molecule has 2 aliphatic rings.